The van der Waals surface area contributed by atoms with Crippen LogP contribution in [0.4, 0.5) is 0 Å². The number of hydrogen-bond acceptors (Lipinski definition) is 2. The molecule has 0 atom stereocenters. The zero-order chi connectivity index (χ0) is 33.4. The topological polar surface area (TPSA) is 23.4 Å². The van der Waals surface area contributed by atoms with Gasteiger partial charge in [-0.25, -0.2) is 0 Å². The lowest BCUT2D eigenvalue weighted by atomic mass is 9.78. The molecule has 0 saturated carbocycles. The fourth-order valence-corrected chi connectivity index (χ4v) is 8.78. The van der Waals surface area contributed by atoms with E-state index >= 15 is 0 Å². The SMILES string of the molecule is CC1(C)c2cc3c4ccccc4c4ccccc4c3cc2-c2ccc3c4cc(B5OC(C)(C)C(C)(C)O5)ccc4n(-c4ccccc4)c3c21. The van der Waals surface area contributed by atoms with Crippen molar-refractivity contribution < 1.29 is 9.31 Å². The van der Waals surface area contributed by atoms with Gasteiger partial charge in [0.1, 0.15) is 0 Å². The van der Waals surface area contributed by atoms with E-state index < -0.39 is 18.3 Å². The second-order valence-corrected chi connectivity index (χ2v) is 15.6. The average Bonchev–Trinajstić information content (AvgIpc) is 3.64. The van der Waals surface area contributed by atoms with E-state index in [-0.39, 0.29) is 5.41 Å². The summed E-state index contributed by atoms with van der Waals surface area (Å²) in [5.41, 5.74) is 9.03. The fraction of sp³-hybridized carbons (Fsp3) is 0.200. The summed E-state index contributed by atoms with van der Waals surface area (Å²) in [4.78, 5) is 0. The van der Waals surface area contributed by atoms with Crippen molar-refractivity contribution in [2.24, 2.45) is 0 Å². The predicted octanol–water partition coefficient (Wildman–Crippen LogP) is 10.8. The van der Waals surface area contributed by atoms with E-state index in [9.17, 15) is 0 Å². The Bertz CT molecular complexity index is 2680. The number of fused-ring (bicyclic) bond motifs is 13. The highest BCUT2D eigenvalue weighted by atomic mass is 16.7. The van der Waals surface area contributed by atoms with E-state index in [1.807, 2.05) is 0 Å². The van der Waals surface area contributed by atoms with Crippen LogP contribution in [0.5, 0.6) is 0 Å². The molecule has 7 aromatic carbocycles. The van der Waals surface area contributed by atoms with Crippen LogP contribution in [-0.2, 0) is 14.7 Å². The van der Waals surface area contributed by atoms with Crippen LogP contribution >= 0.6 is 0 Å². The average molecular weight is 636 g/mol. The van der Waals surface area contributed by atoms with Crippen LogP contribution in [0.15, 0.2) is 121 Å². The molecule has 0 N–H and O–H groups in total. The lowest BCUT2D eigenvalue weighted by Crippen LogP contribution is -2.41. The van der Waals surface area contributed by atoms with Crippen molar-refractivity contribution >= 4 is 66.7 Å². The second-order valence-electron chi connectivity index (χ2n) is 15.6. The molecule has 1 saturated heterocycles. The summed E-state index contributed by atoms with van der Waals surface area (Å²) in [5, 5.41) is 10.3. The molecule has 1 aliphatic carbocycles. The van der Waals surface area contributed by atoms with Crippen LogP contribution in [-0.4, -0.2) is 22.9 Å². The number of benzene rings is 7. The van der Waals surface area contributed by atoms with Crippen molar-refractivity contribution in [1.29, 1.82) is 0 Å². The van der Waals surface area contributed by atoms with Gasteiger partial charge in [0, 0.05) is 21.9 Å². The third-order valence-corrected chi connectivity index (χ3v) is 12.0. The molecular formula is C45H38BNO2. The molecule has 1 aromatic heterocycles. The number of para-hydroxylation sites is 1. The van der Waals surface area contributed by atoms with Crippen LogP contribution in [0.2, 0.25) is 0 Å². The quantitative estimate of drug-likeness (QED) is 0.139. The van der Waals surface area contributed by atoms with Crippen molar-refractivity contribution in [2.75, 3.05) is 0 Å². The first-order valence-electron chi connectivity index (χ1n) is 17.5. The van der Waals surface area contributed by atoms with Gasteiger partial charge < -0.3 is 13.9 Å². The summed E-state index contributed by atoms with van der Waals surface area (Å²) < 4.78 is 15.5. The van der Waals surface area contributed by atoms with E-state index in [0.717, 1.165) is 11.2 Å². The van der Waals surface area contributed by atoms with Crippen LogP contribution in [0.25, 0.3) is 70.9 Å². The molecule has 238 valence electrons. The molecule has 4 heteroatoms. The lowest BCUT2D eigenvalue weighted by molar-refractivity contribution is 0.00578. The van der Waals surface area contributed by atoms with Gasteiger partial charge in [-0.1, -0.05) is 105 Å². The molecule has 0 unspecified atom stereocenters. The van der Waals surface area contributed by atoms with Gasteiger partial charge in [0.25, 0.3) is 0 Å². The van der Waals surface area contributed by atoms with Crippen molar-refractivity contribution in [3.8, 4) is 16.8 Å². The van der Waals surface area contributed by atoms with Gasteiger partial charge in [0.2, 0.25) is 0 Å². The van der Waals surface area contributed by atoms with Gasteiger partial charge >= 0.3 is 7.12 Å². The van der Waals surface area contributed by atoms with Gasteiger partial charge in [-0.2, -0.15) is 0 Å². The minimum absolute atomic E-state index is 0.236. The third-order valence-electron chi connectivity index (χ3n) is 12.0. The Kier molecular flexibility index (Phi) is 5.71. The summed E-state index contributed by atoms with van der Waals surface area (Å²) >= 11 is 0. The maximum absolute atomic E-state index is 6.52. The standard InChI is InChI=1S/C45H38BNO2/c1-43(2)39-26-36-32-19-13-11-17-30(32)29-16-10-12-18-31(29)35(36)25-37(39)33-21-22-34-38-24-27(46-48-44(3,4)45(5,6)49-46)20-23-40(38)47(42(34)41(33)43)28-14-8-7-9-15-28/h7-26H,1-6H3. The van der Waals surface area contributed by atoms with Crippen molar-refractivity contribution in [3.63, 3.8) is 0 Å². The zero-order valence-corrected chi connectivity index (χ0v) is 28.9. The molecule has 0 radical (unpaired) electrons. The minimum Gasteiger partial charge on any atom is -0.399 e. The molecule has 49 heavy (non-hydrogen) atoms. The van der Waals surface area contributed by atoms with Gasteiger partial charge in [-0.15, -0.1) is 0 Å². The molecule has 3 nitrogen and oxygen atoms in total. The van der Waals surface area contributed by atoms with Crippen molar-refractivity contribution in [3.05, 3.63) is 132 Å². The maximum atomic E-state index is 6.52. The first kappa shape index (κ1) is 29.1. The smallest absolute Gasteiger partial charge is 0.399 e. The van der Waals surface area contributed by atoms with E-state index in [0.29, 0.717) is 0 Å². The monoisotopic (exact) mass is 635 g/mol. The number of aromatic nitrogens is 1. The largest absolute Gasteiger partial charge is 0.494 e. The van der Waals surface area contributed by atoms with E-state index in [1.165, 1.54) is 76.4 Å². The normalized spacial score (nSPS) is 17.5. The molecule has 1 fully saturated rings. The van der Waals surface area contributed by atoms with Crippen LogP contribution in [0.1, 0.15) is 52.7 Å². The highest BCUT2D eigenvalue weighted by Crippen LogP contribution is 2.55. The fourth-order valence-electron chi connectivity index (χ4n) is 8.78. The van der Waals surface area contributed by atoms with Gasteiger partial charge in [0.15, 0.2) is 0 Å². The first-order chi connectivity index (χ1) is 23.5. The molecule has 2 heterocycles. The van der Waals surface area contributed by atoms with E-state index in [2.05, 4.69) is 167 Å². The van der Waals surface area contributed by atoms with E-state index in [1.54, 1.807) is 0 Å². The lowest BCUT2D eigenvalue weighted by Gasteiger charge is -2.32. The van der Waals surface area contributed by atoms with Crippen molar-refractivity contribution in [1.82, 2.24) is 4.57 Å². The maximum Gasteiger partial charge on any atom is 0.494 e. The highest BCUT2D eigenvalue weighted by molar-refractivity contribution is 6.62. The van der Waals surface area contributed by atoms with Crippen LogP contribution in [0, 0.1) is 0 Å². The van der Waals surface area contributed by atoms with Crippen LogP contribution in [0.3, 0.4) is 0 Å². The predicted molar refractivity (Wildman–Crippen MR) is 207 cm³/mol. The van der Waals surface area contributed by atoms with Gasteiger partial charge in [-0.05, 0) is 118 Å². The van der Waals surface area contributed by atoms with Gasteiger partial charge in [-0.3, -0.25) is 0 Å². The number of nitrogens with zero attached hydrogens (tertiary/aromatic N) is 1. The molecule has 0 spiro atoms. The molecular weight excluding hydrogens is 597 g/mol. The Labute approximate surface area is 287 Å². The Morgan fingerprint density at radius 3 is 1.69 bits per heavy atom. The molecule has 8 aromatic rings. The summed E-state index contributed by atoms with van der Waals surface area (Å²) in [7, 11) is -0.420. The Balaban J connectivity index is 1.28. The molecule has 2 aliphatic rings. The van der Waals surface area contributed by atoms with Gasteiger partial charge in [0.05, 0.1) is 22.2 Å². The summed E-state index contributed by atoms with van der Waals surface area (Å²) in [5.74, 6) is 0. The molecule has 0 amide bonds. The van der Waals surface area contributed by atoms with E-state index in [4.69, 9.17) is 9.31 Å². The third kappa shape index (κ3) is 3.82. The summed E-state index contributed by atoms with van der Waals surface area (Å²) in [6.07, 6.45) is 0. The zero-order valence-electron chi connectivity index (χ0n) is 28.9. The highest BCUT2D eigenvalue weighted by Gasteiger charge is 2.52. The van der Waals surface area contributed by atoms with Crippen LogP contribution < -0.4 is 5.46 Å². The Hall–Kier alpha value is -4.90. The summed E-state index contributed by atoms with van der Waals surface area (Å²) in [6.45, 7) is 13.3. The second kappa shape index (κ2) is 9.62. The minimum atomic E-state index is -0.420. The van der Waals surface area contributed by atoms with Crippen molar-refractivity contribution in [2.45, 2.75) is 58.2 Å². The molecule has 1 aliphatic heterocycles. The summed E-state index contributed by atoms with van der Waals surface area (Å²) in [6, 6.07) is 45.0. The Morgan fingerprint density at radius 2 is 1.06 bits per heavy atom. The molecule has 0 bridgehead atoms. The first-order valence-corrected chi connectivity index (χ1v) is 17.5. The molecule has 10 rings (SSSR count). The number of rotatable bonds is 2. The number of hydrogen-bond donors (Lipinski definition) is 0. The Morgan fingerprint density at radius 1 is 0.490 bits per heavy atom.